The van der Waals surface area contributed by atoms with Crippen molar-refractivity contribution in [2.75, 3.05) is 0 Å². The number of nitrogens with zero attached hydrogens (tertiary/aromatic N) is 1. The van der Waals surface area contributed by atoms with Crippen LogP contribution >= 0.6 is 11.3 Å². The average Bonchev–Trinajstić information content (AvgIpc) is 2.46. The highest BCUT2D eigenvalue weighted by molar-refractivity contribution is 7.16. The Morgan fingerprint density at radius 3 is 3.18 bits per heavy atom. The van der Waals surface area contributed by atoms with Crippen molar-refractivity contribution in [1.82, 2.24) is 4.40 Å². The molecular weight excluding hydrogens is 157 g/mol. The summed E-state index contributed by atoms with van der Waals surface area (Å²) >= 11 is 1.59. The summed E-state index contributed by atoms with van der Waals surface area (Å²) < 4.78 is 1.98. The van der Waals surface area contributed by atoms with Gasteiger partial charge in [0.2, 0.25) is 0 Å². The van der Waals surface area contributed by atoms with Crippen LogP contribution < -0.4 is 5.46 Å². The maximum absolute atomic E-state index is 10.6. The molecule has 0 spiro atoms. The molecule has 2 aromatic rings. The number of carbonyl (C=O) groups excluding carboxylic acids is 1. The van der Waals surface area contributed by atoms with Crippen molar-refractivity contribution in [3.05, 3.63) is 23.3 Å². The van der Waals surface area contributed by atoms with Crippen molar-refractivity contribution in [2.45, 2.75) is 0 Å². The second kappa shape index (κ2) is 2.24. The summed E-state index contributed by atoms with van der Waals surface area (Å²) in [6.07, 6.45) is 4.84. The van der Waals surface area contributed by atoms with Gasteiger partial charge < -0.3 is 4.40 Å². The molecule has 0 aliphatic heterocycles. The molecule has 0 saturated carbocycles. The first kappa shape index (κ1) is 6.67. The Labute approximate surface area is 68.9 Å². The second-order valence-electron chi connectivity index (χ2n) is 2.46. The predicted molar refractivity (Wildman–Crippen MR) is 48.8 cm³/mol. The number of aldehydes is 1. The van der Waals surface area contributed by atoms with Crippen LogP contribution in [-0.4, -0.2) is 18.5 Å². The standard InChI is InChI=1S/C7H6BNOS/c8-6-3-9-1-2-11-7(9)5(6)4-10/h1-4H,8H2. The summed E-state index contributed by atoms with van der Waals surface area (Å²) in [6.45, 7) is 0. The number of rotatable bonds is 1. The molecule has 54 valence electrons. The molecule has 11 heavy (non-hydrogen) atoms. The summed E-state index contributed by atoms with van der Waals surface area (Å²) in [4.78, 5) is 11.6. The molecule has 0 amide bonds. The van der Waals surface area contributed by atoms with E-state index in [1.54, 1.807) is 11.3 Å². The molecule has 0 radical (unpaired) electrons. The molecule has 4 heteroatoms. The zero-order chi connectivity index (χ0) is 7.84. The Morgan fingerprint density at radius 2 is 2.45 bits per heavy atom. The van der Waals surface area contributed by atoms with E-state index in [4.69, 9.17) is 0 Å². The third-order valence-electron chi connectivity index (χ3n) is 1.74. The Balaban J connectivity index is 2.90. The lowest BCUT2D eigenvalue weighted by molar-refractivity contribution is 0.112. The van der Waals surface area contributed by atoms with Gasteiger partial charge in [0.25, 0.3) is 0 Å². The zero-order valence-corrected chi connectivity index (χ0v) is 6.89. The summed E-state index contributed by atoms with van der Waals surface area (Å²) in [6, 6.07) is 0. The lowest BCUT2D eigenvalue weighted by Crippen LogP contribution is -2.03. The maximum atomic E-state index is 10.6. The number of fused-ring (bicyclic) bond motifs is 1. The topological polar surface area (TPSA) is 21.5 Å². The molecule has 0 unspecified atom stereocenters. The van der Waals surface area contributed by atoms with Crippen LogP contribution in [0.2, 0.25) is 0 Å². The number of thiazole rings is 1. The van der Waals surface area contributed by atoms with Crippen molar-refractivity contribution in [3.8, 4) is 0 Å². The number of hydrogen-bond acceptors (Lipinski definition) is 2. The minimum Gasteiger partial charge on any atom is -0.315 e. The van der Waals surface area contributed by atoms with E-state index in [1.807, 2.05) is 30.0 Å². The minimum atomic E-state index is 0.819. The third kappa shape index (κ3) is 0.827. The van der Waals surface area contributed by atoms with Crippen molar-refractivity contribution in [3.63, 3.8) is 0 Å². The van der Waals surface area contributed by atoms with Crippen molar-refractivity contribution in [2.24, 2.45) is 0 Å². The monoisotopic (exact) mass is 163 g/mol. The first-order valence-corrected chi connectivity index (χ1v) is 4.21. The van der Waals surface area contributed by atoms with Gasteiger partial charge in [0, 0.05) is 23.3 Å². The SMILES string of the molecule is Bc1cn2ccsc2c1C=O. The molecule has 0 aliphatic rings. The number of carbonyl (C=O) groups is 1. The molecule has 2 nitrogen and oxygen atoms in total. The molecule has 2 rings (SSSR count). The molecule has 2 heterocycles. The van der Waals surface area contributed by atoms with Gasteiger partial charge in [-0.25, -0.2) is 0 Å². The zero-order valence-electron chi connectivity index (χ0n) is 6.07. The third-order valence-corrected chi connectivity index (χ3v) is 2.65. The van der Waals surface area contributed by atoms with E-state index in [9.17, 15) is 4.79 Å². The fourth-order valence-electron chi connectivity index (χ4n) is 1.18. The Bertz CT molecular complexity index is 403. The van der Waals surface area contributed by atoms with Gasteiger partial charge in [-0.05, 0) is 0 Å². The predicted octanol–water partition coefficient (Wildman–Crippen LogP) is 0.0717. The van der Waals surface area contributed by atoms with Crippen LogP contribution in [0, 0.1) is 0 Å². The summed E-state index contributed by atoms with van der Waals surface area (Å²) in [5.74, 6) is 0. The van der Waals surface area contributed by atoms with Crippen molar-refractivity contribution < 1.29 is 4.79 Å². The van der Waals surface area contributed by atoms with Crippen molar-refractivity contribution >= 4 is 35.8 Å². The highest BCUT2D eigenvalue weighted by Crippen LogP contribution is 2.14. The van der Waals surface area contributed by atoms with Gasteiger partial charge in [0.05, 0.1) is 0 Å². The van der Waals surface area contributed by atoms with Crippen LogP contribution in [0.5, 0.6) is 0 Å². The van der Waals surface area contributed by atoms with E-state index in [0.29, 0.717) is 0 Å². The van der Waals surface area contributed by atoms with Gasteiger partial charge in [-0.15, -0.1) is 11.3 Å². The molecule has 0 N–H and O–H groups in total. The normalized spacial score (nSPS) is 10.5. The average molecular weight is 163 g/mol. The summed E-state index contributed by atoms with van der Waals surface area (Å²) in [5.41, 5.74) is 1.87. The van der Waals surface area contributed by atoms with Gasteiger partial charge >= 0.3 is 0 Å². The molecule has 0 aliphatic carbocycles. The Hall–Kier alpha value is -1.03. The van der Waals surface area contributed by atoms with Crippen LogP contribution in [-0.2, 0) is 0 Å². The molecule has 0 atom stereocenters. The second-order valence-corrected chi connectivity index (χ2v) is 3.35. The van der Waals surface area contributed by atoms with E-state index in [1.165, 1.54) is 0 Å². The fourth-order valence-corrected chi connectivity index (χ4v) is 2.08. The summed E-state index contributed by atoms with van der Waals surface area (Å²) in [7, 11) is 1.95. The first-order valence-electron chi connectivity index (χ1n) is 3.33. The van der Waals surface area contributed by atoms with E-state index in [-0.39, 0.29) is 0 Å². The fraction of sp³-hybridized carbons (Fsp3) is 0. The summed E-state index contributed by atoms with van der Waals surface area (Å²) in [5, 5.41) is 1.97. The van der Waals surface area contributed by atoms with Crippen LogP contribution in [0.1, 0.15) is 10.4 Å². The van der Waals surface area contributed by atoms with Gasteiger partial charge in [-0.1, -0.05) is 5.46 Å². The van der Waals surface area contributed by atoms with Gasteiger partial charge in [0.1, 0.15) is 12.7 Å². The van der Waals surface area contributed by atoms with Gasteiger partial charge in [-0.3, -0.25) is 4.79 Å². The van der Waals surface area contributed by atoms with Gasteiger partial charge in [0.15, 0.2) is 6.29 Å². The van der Waals surface area contributed by atoms with E-state index < -0.39 is 0 Å². The van der Waals surface area contributed by atoms with Crippen LogP contribution in [0.3, 0.4) is 0 Å². The van der Waals surface area contributed by atoms with E-state index in [2.05, 4.69) is 0 Å². The van der Waals surface area contributed by atoms with Crippen molar-refractivity contribution in [1.29, 1.82) is 0 Å². The molecule has 0 fully saturated rings. The smallest absolute Gasteiger partial charge is 0.152 e. The maximum Gasteiger partial charge on any atom is 0.152 e. The highest BCUT2D eigenvalue weighted by atomic mass is 32.1. The first-order chi connectivity index (χ1) is 5.33. The Morgan fingerprint density at radius 1 is 1.64 bits per heavy atom. The Kier molecular flexibility index (Phi) is 1.36. The molecule has 0 saturated heterocycles. The molecule has 0 aromatic carbocycles. The van der Waals surface area contributed by atoms with Crippen LogP contribution in [0.15, 0.2) is 17.8 Å². The quantitative estimate of drug-likeness (QED) is 0.430. The van der Waals surface area contributed by atoms with Gasteiger partial charge in [-0.2, -0.15) is 0 Å². The lowest BCUT2D eigenvalue weighted by atomic mass is 9.96. The minimum absolute atomic E-state index is 0.819. The van der Waals surface area contributed by atoms with E-state index >= 15 is 0 Å². The molecule has 2 aromatic heterocycles. The largest absolute Gasteiger partial charge is 0.315 e. The van der Waals surface area contributed by atoms with E-state index in [0.717, 1.165) is 22.1 Å². The highest BCUT2D eigenvalue weighted by Gasteiger charge is 2.05. The van der Waals surface area contributed by atoms with Crippen LogP contribution in [0.4, 0.5) is 0 Å². The van der Waals surface area contributed by atoms with Crippen LogP contribution in [0.25, 0.3) is 4.83 Å². The lowest BCUT2D eigenvalue weighted by Gasteiger charge is -1.82. The number of hydrogen-bond donors (Lipinski definition) is 0. The molecular formula is C7H6BNOS. The molecule has 0 bridgehead atoms. The number of aromatic nitrogens is 1.